The minimum Gasteiger partial charge on any atom is -0.364 e. The molecule has 20 heavy (non-hydrogen) atoms. The van der Waals surface area contributed by atoms with Crippen LogP contribution in [0.3, 0.4) is 0 Å². The molecular weight excluding hydrogens is 272 g/mol. The molecule has 0 aliphatic rings. The van der Waals surface area contributed by atoms with Gasteiger partial charge in [-0.05, 0) is 42.5 Å². The molecule has 1 amide bonds. The van der Waals surface area contributed by atoms with Gasteiger partial charge in [0.2, 0.25) is 0 Å². The minimum atomic E-state index is -0.196. The van der Waals surface area contributed by atoms with Crippen molar-refractivity contribution in [3.8, 4) is 0 Å². The normalized spacial score (nSPS) is 10.3. The largest absolute Gasteiger partial charge is 0.364 e. The quantitative estimate of drug-likeness (QED) is 0.857. The number of thiophene rings is 1. The van der Waals surface area contributed by atoms with Crippen LogP contribution < -0.4 is 10.6 Å². The summed E-state index contributed by atoms with van der Waals surface area (Å²) in [4.78, 5) is 12.9. The van der Waals surface area contributed by atoms with E-state index in [-0.39, 0.29) is 5.91 Å². The molecule has 5 nitrogen and oxygen atoms in total. The smallest absolute Gasteiger partial charge is 0.271 e. The van der Waals surface area contributed by atoms with Gasteiger partial charge in [0.15, 0.2) is 5.69 Å². The highest BCUT2D eigenvalue weighted by Crippen LogP contribution is 2.18. The molecule has 0 aromatic carbocycles. The molecule has 2 rings (SSSR count). The van der Waals surface area contributed by atoms with Crippen LogP contribution in [0.4, 0.5) is 5.82 Å². The molecular formula is C14H18N4OS. The Morgan fingerprint density at radius 2 is 2.10 bits per heavy atom. The Bertz CT molecular complexity index is 565. The van der Waals surface area contributed by atoms with E-state index in [1.54, 1.807) is 23.5 Å². The Labute approximate surface area is 122 Å². The zero-order chi connectivity index (χ0) is 14.4. The summed E-state index contributed by atoms with van der Waals surface area (Å²) in [6.07, 6.45) is 1.03. The maximum Gasteiger partial charge on any atom is 0.271 e. The lowest BCUT2D eigenvalue weighted by molar-refractivity contribution is 0.0950. The fourth-order valence-corrected chi connectivity index (χ4v) is 2.72. The maximum atomic E-state index is 11.6. The van der Waals surface area contributed by atoms with Crippen LogP contribution in [-0.2, 0) is 13.0 Å². The van der Waals surface area contributed by atoms with E-state index >= 15 is 0 Å². The first kappa shape index (κ1) is 14.5. The third kappa shape index (κ3) is 3.54. The van der Waals surface area contributed by atoms with Crippen LogP contribution in [0, 0.1) is 0 Å². The number of nitrogens with one attached hydrogen (secondary N) is 2. The molecule has 0 saturated carbocycles. The fraction of sp³-hybridized carbons (Fsp3) is 0.357. The summed E-state index contributed by atoms with van der Waals surface area (Å²) in [5.74, 6) is 0.478. The SMILES string of the molecule is CCNC(=O)c1ccc(NCc2sccc2CC)nn1. The van der Waals surface area contributed by atoms with Gasteiger partial charge in [-0.15, -0.1) is 21.5 Å². The monoisotopic (exact) mass is 290 g/mol. The number of hydrogen-bond acceptors (Lipinski definition) is 5. The van der Waals surface area contributed by atoms with Gasteiger partial charge in [-0.25, -0.2) is 0 Å². The van der Waals surface area contributed by atoms with Gasteiger partial charge < -0.3 is 10.6 Å². The molecule has 2 N–H and O–H groups in total. The number of hydrogen-bond donors (Lipinski definition) is 2. The average Bonchev–Trinajstić information content (AvgIpc) is 2.93. The van der Waals surface area contributed by atoms with Crippen LogP contribution >= 0.6 is 11.3 Å². The van der Waals surface area contributed by atoms with Crippen molar-refractivity contribution < 1.29 is 4.79 Å². The van der Waals surface area contributed by atoms with E-state index in [0.717, 1.165) is 13.0 Å². The zero-order valence-corrected chi connectivity index (χ0v) is 12.5. The first-order valence-corrected chi connectivity index (χ1v) is 7.53. The van der Waals surface area contributed by atoms with Gasteiger partial charge in [0.1, 0.15) is 5.82 Å². The molecule has 0 fully saturated rings. The van der Waals surface area contributed by atoms with Crippen molar-refractivity contribution in [1.82, 2.24) is 15.5 Å². The first-order valence-electron chi connectivity index (χ1n) is 6.65. The van der Waals surface area contributed by atoms with Gasteiger partial charge in [0.05, 0.1) is 6.54 Å². The van der Waals surface area contributed by atoms with E-state index in [2.05, 4.69) is 39.2 Å². The third-order valence-electron chi connectivity index (χ3n) is 2.88. The predicted molar refractivity (Wildman–Crippen MR) is 81.1 cm³/mol. The van der Waals surface area contributed by atoms with E-state index in [4.69, 9.17) is 0 Å². The van der Waals surface area contributed by atoms with Crippen molar-refractivity contribution in [3.63, 3.8) is 0 Å². The fourth-order valence-electron chi connectivity index (χ4n) is 1.81. The lowest BCUT2D eigenvalue weighted by Crippen LogP contribution is -2.24. The molecule has 0 saturated heterocycles. The number of aryl methyl sites for hydroxylation is 1. The van der Waals surface area contributed by atoms with Gasteiger partial charge in [-0.3, -0.25) is 4.79 Å². The standard InChI is InChI=1S/C14H18N4OS/c1-3-10-7-8-20-12(10)9-16-13-6-5-11(17-18-13)14(19)15-4-2/h5-8H,3-4,9H2,1-2H3,(H,15,19)(H,16,18). The lowest BCUT2D eigenvalue weighted by Gasteiger charge is -2.06. The Balaban J connectivity index is 1.95. The van der Waals surface area contributed by atoms with E-state index in [9.17, 15) is 4.79 Å². The van der Waals surface area contributed by atoms with Crippen molar-refractivity contribution in [3.05, 3.63) is 39.7 Å². The second kappa shape index (κ2) is 7.00. The predicted octanol–water partition coefficient (Wildman–Crippen LogP) is 2.46. The molecule has 6 heteroatoms. The molecule has 0 bridgehead atoms. The van der Waals surface area contributed by atoms with E-state index in [1.165, 1.54) is 10.4 Å². The first-order chi connectivity index (χ1) is 9.74. The van der Waals surface area contributed by atoms with Crippen LogP contribution in [0.15, 0.2) is 23.6 Å². The number of rotatable bonds is 6. The molecule has 2 aromatic heterocycles. The van der Waals surface area contributed by atoms with Gasteiger partial charge >= 0.3 is 0 Å². The topological polar surface area (TPSA) is 66.9 Å². The maximum absolute atomic E-state index is 11.6. The molecule has 0 aliphatic carbocycles. The number of nitrogens with zero attached hydrogens (tertiary/aromatic N) is 2. The number of amides is 1. The highest BCUT2D eigenvalue weighted by Gasteiger charge is 2.07. The highest BCUT2D eigenvalue weighted by atomic mass is 32.1. The second-order valence-electron chi connectivity index (χ2n) is 4.24. The summed E-state index contributed by atoms with van der Waals surface area (Å²) in [7, 11) is 0. The Morgan fingerprint density at radius 3 is 2.75 bits per heavy atom. The Kier molecular flexibility index (Phi) is 5.06. The van der Waals surface area contributed by atoms with Crippen molar-refractivity contribution in [2.24, 2.45) is 0 Å². The van der Waals surface area contributed by atoms with Gasteiger partial charge in [0, 0.05) is 11.4 Å². The number of anilines is 1. The molecule has 0 aliphatic heterocycles. The minimum absolute atomic E-state index is 0.196. The van der Waals surface area contributed by atoms with Crippen molar-refractivity contribution >= 4 is 23.1 Å². The highest BCUT2D eigenvalue weighted by molar-refractivity contribution is 7.10. The summed E-state index contributed by atoms with van der Waals surface area (Å²) < 4.78 is 0. The van der Waals surface area contributed by atoms with Crippen molar-refractivity contribution in [2.75, 3.05) is 11.9 Å². The van der Waals surface area contributed by atoms with Gasteiger partial charge in [-0.2, -0.15) is 0 Å². The summed E-state index contributed by atoms with van der Waals surface area (Å²) >= 11 is 1.73. The van der Waals surface area contributed by atoms with Crippen molar-refractivity contribution in [2.45, 2.75) is 26.8 Å². The van der Waals surface area contributed by atoms with Crippen LogP contribution in [0.2, 0.25) is 0 Å². The lowest BCUT2D eigenvalue weighted by atomic mass is 10.2. The molecule has 0 radical (unpaired) electrons. The number of aromatic nitrogens is 2. The van der Waals surface area contributed by atoms with Crippen LogP contribution in [0.5, 0.6) is 0 Å². The summed E-state index contributed by atoms with van der Waals surface area (Å²) in [5.41, 5.74) is 1.69. The zero-order valence-electron chi connectivity index (χ0n) is 11.6. The number of carbonyl (C=O) groups is 1. The van der Waals surface area contributed by atoms with Crippen LogP contribution in [-0.4, -0.2) is 22.6 Å². The van der Waals surface area contributed by atoms with Gasteiger partial charge in [0.25, 0.3) is 5.91 Å². The van der Waals surface area contributed by atoms with Crippen LogP contribution in [0.1, 0.15) is 34.8 Å². The second-order valence-corrected chi connectivity index (χ2v) is 5.24. The summed E-state index contributed by atoms with van der Waals surface area (Å²) in [6, 6.07) is 5.60. The van der Waals surface area contributed by atoms with E-state index in [0.29, 0.717) is 18.1 Å². The Morgan fingerprint density at radius 1 is 1.25 bits per heavy atom. The summed E-state index contributed by atoms with van der Waals surface area (Å²) in [5, 5.41) is 16.0. The third-order valence-corrected chi connectivity index (χ3v) is 3.85. The van der Waals surface area contributed by atoms with Crippen molar-refractivity contribution in [1.29, 1.82) is 0 Å². The molecule has 0 unspecified atom stereocenters. The molecule has 0 spiro atoms. The molecule has 106 valence electrons. The Hall–Kier alpha value is -1.95. The van der Waals surface area contributed by atoms with E-state index in [1.807, 2.05) is 6.92 Å². The molecule has 2 heterocycles. The molecule has 2 aromatic rings. The van der Waals surface area contributed by atoms with Gasteiger partial charge in [-0.1, -0.05) is 6.92 Å². The molecule has 0 atom stereocenters. The van der Waals surface area contributed by atoms with Crippen LogP contribution in [0.25, 0.3) is 0 Å². The summed E-state index contributed by atoms with van der Waals surface area (Å²) in [6.45, 7) is 5.33. The van der Waals surface area contributed by atoms with E-state index < -0.39 is 0 Å². The average molecular weight is 290 g/mol. The number of carbonyl (C=O) groups excluding carboxylic acids is 1.